The van der Waals surface area contributed by atoms with Crippen LogP contribution in [0.25, 0.3) is 0 Å². The van der Waals surface area contributed by atoms with Gasteiger partial charge in [-0.2, -0.15) is 8.42 Å². The van der Waals surface area contributed by atoms with Crippen LogP contribution in [0, 0.1) is 5.82 Å². The second-order valence-electron chi connectivity index (χ2n) is 4.21. The van der Waals surface area contributed by atoms with E-state index in [0.29, 0.717) is 6.42 Å². The summed E-state index contributed by atoms with van der Waals surface area (Å²) < 4.78 is 41.0. The van der Waals surface area contributed by atoms with Gasteiger partial charge in [0, 0.05) is 12.2 Å². The summed E-state index contributed by atoms with van der Waals surface area (Å²) in [6.45, 7) is 2.27. The van der Waals surface area contributed by atoms with E-state index in [1.54, 1.807) is 19.1 Å². The van der Waals surface area contributed by atoms with E-state index in [9.17, 15) is 12.8 Å². The highest BCUT2D eigenvalue weighted by molar-refractivity contribution is 7.86. The maximum absolute atomic E-state index is 12.9. The van der Waals surface area contributed by atoms with Crippen molar-refractivity contribution in [3.05, 3.63) is 30.1 Å². The Balaban J connectivity index is 2.15. The highest BCUT2D eigenvalue weighted by Gasteiger charge is 2.29. The zero-order chi connectivity index (χ0) is 13.2. The van der Waals surface area contributed by atoms with E-state index < -0.39 is 16.3 Å². The zero-order valence-corrected chi connectivity index (χ0v) is 11.0. The van der Waals surface area contributed by atoms with Gasteiger partial charge in [0.05, 0.1) is 5.75 Å². The van der Waals surface area contributed by atoms with Gasteiger partial charge in [0.25, 0.3) is 10.1 Å². The molecule has 1 aliphatic rings. The minimum atomic E-state index is -3.47. The molecule has 18 heavy (non-hydrogen) atoms. The van der Waals surface area contributed by atoms with E-state index in [4.69, 9.17) is 4.18 Å². The van der Waals surface area contributed by atoms with Crippen molar-refractivity contribution in [3.8, 4) is 0 Å². The van der Waals surface area contributed by atoms with Gasteiger partial charge in [-0.25, -0.2) is 8.57 Å². The molecule has 0 saturated carbocycles. The summed E-state index contributed by atoms with van der Waals surface area (Å²) in [5.41, 5.74) is 0.783. The van der Waals surface area contributed by atoms with Gasteiger partial charge < -0.3 is 4.90 Å². The first-order valence-corrected chi connectivity index (χ1v) is 7.53. The summed E-state index contributed by atoms with van der Waals surface area (Å²) in [6, 6.07) is 5.99. The van der Waals surface area contributed by atoms with E-state index in [2.05, 4.69) is 0 Å². The molecule has 100 valence electrons. The van der Waals surface area contributed by atoms with Crippen molar-refractivity contribution >= 4 is 15.8 Å². The molecule has 1 saturated heterocycles. The lowest BCUT2D eigenvalue weighted by molar-refractivity contribution is 0.220. The van der Waals surface area contributed by atoms with Gasteiger partial charge in [-0.1, -0.05) is 0 Å². The summed E-state index contributed by atoms with van der Waals surface area (Å²) >= 11 is 0. The fourth-order valence-corrected chi connectivity index (χ4v) is 2.68. The summed E-state index contributed by atoms with van der Waals surface area (Å²) in [6.07, 6.45) is 1.05. The molecule has 6 heteroatoms. The minimum absolute atomic E-state index is 0.0409. The molecule has 1 aromatic carbocycles. The van der Waals surface area contributed by atoms with Crippen molar-refractivity contribution in [2.24, 2.45) is 0 Å². The van der Waals surface area contributed by atoms with Crippen LogP contribution in [0.15, 0.2) is 24.3 Å². The number of nitrogens with zero attached hydrogens (tertiary/aromatic N) is 1. The molecule has 0 aliphatic carbocycles. The molecule has 1 fully saturated rings. The van der Waals surface area contributed by atoms with E-state index in [-0.39, 0.29) is 11.6 Å². The van der Waals surface area contributed by atoms with Gasteiger partial charge in [-0.05, 0) is 44.0 Å². The molecular formula is C12H16FNO3S. The molecule has 4 nitrogen and oxygen atoms in total. The van der Waals surface area contributed by atoms with Gasteiger partial charge in [0.2, 0.25) is 0 Å². The Morgan fingerprint density at radius 1 is 1.39 bits per heavy atom. The molecule has 0 amide bonds. The van der Waals surface area contributed by atoms with Crippen LogP contribution in [0.3, 0.4) is 0 Å². The fourth-order valence-electron chi connectivity index (χ4n) is 2.00. The number of rotatable bonds is 4. The predicted octanol–water partition coefficient (Wildman–Crippen LogP) is 2.12. The second kappa shape index (κ2) is 5.24. The molecule has 0 N–H and O–H groups in total. The Morgan fingerprint density at radius 3 is 2.67 bits per heavy atom. The maximum atomic E-state index is 12.9. The van der Waals surface area contributed by atoms with E-state index in [0.717, 1.165) is 18.7 Å². The van der Waals surface area contributed by atoms with E-state index >= 15 is 0 Å². The SMILES string of the molecule is CCS(=O)(=O)OC1CCCN1c1ccc(F)cc1. The lowest BCUT2D eigenvalue weighted by Gasteiger charge is -2.25. The Labute approximate surface area is 106 Å². The Morgan fingerprint density at radius 2 is 2.06 bits per heavy atom. The molecule has 0 radical (unpaired) electrons. The monoisotopic (exact) mass is 273 g/mol. The van der Waals surface area contributed by atoms with Crippen LogP contribution in [0.4, 0.5) is 10.1 Å². The quantitative estimate of drug-likeness (QED) is 0.788. The third-order valence-corrected chi connectivity index (χ3v) is 4.19. The van der Waals surface area contributed by atoms with Gasteiger partial charge in [-0.15, -0.1) is 0 Å². The summed E-state index contributed by atoms with van der Waals surface area (Å²) in [5, 5.41) is 0. The highest BCUT2D eigenvalue weighted by Crippen LogP contribution is 2.27. The molecule has 0 aromatic heterocycles. The largest absolute Gasteiger partial charge is 0.345 e. The van der Waals surface area contributed by atoms with Crippen LogP contribution in [0.2, 0.25) is 0 Å². The van der Waals surface area contributed by atoms with Gasteiger partial charge >= 0.3 is 0 Å². The molecule has 1 aliphatic heterocycles. The molecule has 0 spiro atoms. The average Bonchev–Trinajstić information content (AvgIpc) is 2.77. The maximum Gasteiger partial charge on any atom is 0.269 e. The number of anilines is 1. The highest BCUT2D eigenvalue weighted by atomic mass is 32.2. The Kier molecular flexibility index (Phi) is 3.87. The van der Waals surface area contributed by atoms with Crippen LogP contribution in [-0.2, 0) is 14.3 Å². The number of hydrogen-bond acceptors (Lipinski definition) is 4. The van der Waals surface area contributed by atoms with Crippen LogP contribution in [0.5, 0.6) is 0 Å². The second-order valence-corrected chi connectivity index (χ2v) is 6.09. The van der Waals surface area contributed by atoms with Crippen molar-refractivity contribution in [1.29, 1.82) is 0 Å². The van der Waals surface area contributed by atoms with E-state index in [1.165, 1.54) is 12.1 Å². The summed E-state index contributed by atoms with van der Waals surface area (Å²) in [5.74, 6) is -0.350. The van der Waals surface area contributed by atoms with Crippen molar-refractivity contribution < 1.29 is 17.0 Å². The third-order valence-electron chi connectivity index (χ3n) is 2.97. The molecule has 1 aromatic rings. The van der Waals surface area contributed by atoms with Gasteiger partial charge in [0.1, 0.15) is 12.0 Å². The molecule has 1 unspecified atom stereocenters. The third kappa shape index (κ3) is 3.00. The number of halogens is 1. The Hall–Kier alpha value is -1.14. The van der Waals surface area contributed by atoms with Crippen LogP contribution in [0.1, 0.15) is 19.8 Å². The summed E-state index contributed by atoms with van der Waals surface area (Å²) in [7, 11) is -3.47. The zero-order valence-electron chi connectivity index (χ0n) is 10.2. The first-order chi connectivity index (χ1) is 8.52. The van der Waals surface area contributed by atoms with Crippen LogP contribution >= 0.6 is 0 Å². The van der Waals surface area contributed by atoms with Crippen molar-refractivity contribution in [2.45, 2.75) is 26.0 Å². The van der Waals surface area contributed by atoms with Crippen molar-refractivity contribution in [1.82, 2.24) is 0 Å². The van der Waals surface area contributed by atoms with Crippen molar-refractivity contribution in [3.63, 3.8) is 0 Å². The number of hydrogen-bond donors (Lipinski definition) is 0. The topological polar surface area (TPSA) is 46.6 Å². The van der Waals surface area contributed by atoms with Gasteiger partial charge in [-0.3, -0.25) is 0 Å². The fraction of sp³-hybridized carbons (Fsp3) is 0.500. The molecule has 1 heterocycles. The first-order valence-electron chi connectivity index (χ1n) is 5.95. The molecule has 2 rings (SSSR count). The summed E-state index contributed by atoms with van der Waals surface area (Å²) in [4.78, 5) is 1.85. The smallest absolute Gasteiger partial charge is 0.269 e. The lowest BCUT2D eigenvalue weighted by atomic mass is 10.3. The average molecular weight is 273 g/mol. The van der Waals surface area contributed by atoms with Gasteiger partial charge in [0.15, 0.2) is 0 Å². The Bertz CT molecular complexity index is 501. The number of benzene rings is 1. The minimum Gasteiger partial charge on any atom is -0.345 e. The van der Waals surface area contributed by atoms with E-state index in [1.807, 2.05) is 4.90 Å². The standard InChI is InChI=1S/C12H16FNO3S/c1-2-18(15,16)17-12-4-3-9-14(12)11-7-5-10(13)6-8-11/h5-8,12H,2-4,9H2,1H3. The lowest BCUT2D eigenvalue weighted by Crippen LogP contribution is -2.33. The molecule has 1 atom stereocenters. The predicted molar refractivity (Wildman–Crippen MR) is 67.3 cm³/mol. The van der Waals surface area contributed by atoms with Crippen LogP contribution < -0.4 is 4.90 Å². The van der Waals surface area contributed by atoms with Crippen molar-refractivity contribution in [2.75, 3.05) is 17.2 Å². The van der Waals surface area contributed by atoms with Crippen LogP contribution in [-0.4, -0.2) is 26.9 Å². The molecule has 0 bridgehead atoms. The molecular weight excluding hydrogens is 257 g/mol. The first kappa shape index (κ1) is 13.3. The normalized spacial score (nSPS) is 20.3.